The van der Waals surface area contributed by atoms with Crippen LogP contribution in [0.1, 0.15) is 23.2 Å². The van der Waals surface area contributed by atoms with Gasteiger partial charge in [-0.25, -0.2) is 5.10 Å². The Kier molecular flexibility index (Phi) is 4.65. The molecule has 0 aliphatic carbocycles. The first-order valence-electron chi connectivity index (χ1n) is 7.70. The third-order valence-corrected chi connectivity index (χ3v) is 4.00. The summed E-state index contributed by atoms with van der Waals surface area (Å²) in [6, 6.07) is 9.09. The molecule has 1 aliphatic rings. The summed E-state index contributed by atoms with van der Waals surface area (Å²) in [5, 5.41) is 6.66. The van der Waals surface area contributed by atoms with Crippen LogP contribution in [0.3, 0.4) is 0 Å². The number of hydrogen-bond acceptors (Lipinski definition) is 5. The Labute approximate surface area is 134 Å². The number of aromatic amines is 1. The molecule has 1 fully saturated rings. The summed E-state index contributed by atoms with van der Waals surface area (Å²) in [5.74, 6) is 0.780. The summed E-state index contributed by atoms with van der Waals surface area (Å²) >= 11 is 0. The number of hydrogen-bond donors (Lipinski definition) is 1. The molecule has 3 rings (SSSR count). The average Bonchev–Trinajstić information content (AvgIpc) is 3.15. The summed E-state index contributed by atoms with van der Waals surface area (Å²) in [6.45, 7) is 2.71. The minimum atomic E-state index is 0.0132. The predicted octanol–water partition coefficient (Wildman–Crippen LogP) is 1.12. The molecule has 1 aliphatic heterocycles. The van der Waals surface area contributed by atoms with Gasteiger partial charge in [-0.2, -0.15) is 10.1 Å². The summed E-state index contributed by atoms with van der Waals surface area (Å²) < 4.78 is 0. The van der Waals surface area contributed by atoms with E-state index in [0.29, 0.717) is 31.7 Å². The topological polar surface area (TPSA) is 82.2 Å². The predicted molar refractivity (Wildman–Crippen MR) is 85.2 cm³/mol. The lowest BCUT2D eigenvalue weighted by molar-refractivity contribution is -0.131. The number of anilines is 1. The van der Waals surface area contributed by atoms with Crippen molar-refractivity contribution in [3.63, 3.8) is 0 Å². The highest BCUT2D eigenvalue weighted by Crippen LogP contribution is 2.12. The molecule has 23 heavy (non-hydrogen) atoms. The zero-order valence-corrected chi connectivity index (χ0v) is 12.8. The van der Waals surface area contributed by atoms with Crippen molar-refractivity contribution in [2.45, 2.75) is 12.8 Å². The fraction of sp³-hybridized carbons (Fsp3) is 0.375. The Hall–Kier alpha value is -2.70. The molecule has 0 spiro atoms. The van der Waals surface area contributed by atoms with Crippen molar-refractivity contribution in [2.24, 2.45) is 0 Å². The highest BCUT2D eigenvalue weighted by Gasteiger charge is 2.22. The van der Waals surface area contributed by atoms with Gasteiger partial charge in [0, 0.05) is 44.6 Å². The maximum Gasteiger partial charge on any atom is 0.223 e. The zero-order chi connectivity index (χ0) is 16.1. The van der Waals surface area contributed by atoms with E-state index in [2.05, 4.69) is 20.1 Å². The molecule has 1 saturated heterocycles. The lowest BCUT2D eigenvalue weighted by Gasteiger charge is -2.34. The number of Topliss-reactive ketones (excluding diaryl/α,β-unsaturated/α-hetero) is 1. The van der Waals surface area contributed by atoms with Crippen LogP contribution in [-0.4, -0.2) is 58.0 Å². The zero-order valence-electron chi connectivity index (χ0n) is 12.8. The molecular formula is C16H19N5O2. The van der Waals surface area contributed by atoms with Gasteiger partial charge >= 0.3 is 0 Å². The van der Waals surface area contributed by atoms with Crippen LogP contribution in [-0.2, 0) is 4.79 Å². The van der Waals surface area contributed by atoms with E-state index >= 15 is 0 Å². The fourth-order valence-corrected chi connectivity index (χ4v) is 2.67. The molecule has 1 aromatic heterocycles. The molecule has 7 heteroatoms. The number of nitrogens with one attached hydrogen (secondary N) is 1. The molecule has 0 atom stereocenters. The molecule has 0 bridgehead atoms. The summed E-state index contributed by atoms with van der Waals surface area (Å²) in [4.78, 5) is 32.3. The Bertz CT molecular complexity index is 648. The van der Waals surface area contributed by atoms with Crippen molar-refractivity contribution in [2.75, 3.05) is 31.1 Å². The van der Waals surface area contributed by atoms with Gasteiger partial charge < -0.3 is 9.80 Å². The first-order valence-corrected chi connectivity index (χ1v) is 7.70. The number of amides is 1. The number of carbonyl (C=O) groups excluding carboxylic acids is 2. The largest absolute Gasteiger partial charge is 0.339 e. The van der Waals surface area contributed by atoms with Crippen LogP contribution in [0, 0.1) is 0 Å². The molecule has 1 aromatic carbocycles. The summed E-state index contributed by atoms with van der Waals surface area (Å²) in [6.07, 6.45) is 1.99. The van der Waals surface area contributed by atoms with Crippen LogP contribution in [0.15, 0.2) is 36.7 Å². The number of piperazine rings is 1. The van der Waals surface area contributed by atoms with E-state index in [1.165, 1.54) is 6.33 Å². The van der Waals surface area contributed by atoms with E-state index in [1.54, 1.807) is 12.1 Å². The van der Waals surface area contributed by atoms with Crippen molar-refractivity contribution in [1.82, 2.24) is 20.1 Å². The third-order valence-electron chi connectivity index (χ3n) is 4.00. The Balaban J connectivity index is 1.45. The van der Waals surface area contributed by atoms with E-state index < -0.39 is 0 Å². The lowest BCUT2D eigenvalue weighted by Crippen LogP contribution is -2.49. The number of rotatable bonds is 5. The first kappa shape index (κ1) is 15.2. The Morgan fingerprint density at radius 3 is 2.43 bits per heavy atom. The maximum absolute atomic E-state index is 12.2. The second-order valence-corrected chi connectivity index (χ2v) is 5.47. The van der Waals surface area contributed by atoms with Crippen molar-refractivity contribution in [3.8, 4) is 0 Å². The van der Waals surface area contributed by atoms with E-state index in [0.717, 1.165) is 5.95 Å². The van der Waals surface area contributed by atoms with Gasteiger partial charge in [-0.05, 0) is 0 Å². The monoisotopic (exact) mass is 313 g/mol. The smallest absolute Gasteiger partial charge is 0.223 e. The van der Waals surface area contributed by atoms with E-state index in [4.69, 9.17) is 0 Å². The highest BCUT2D eigenvalue weighted by molar-refractivity contribution is 5.97. The minimum Gasteiger partial charge on any atom is -0.339 e. The SMILES string of the molecule is O=C(CCC(=O)N1CCN(c2ncn[nH]2)CC1)c1ccccc1. The first-order chi connectivity index (χ1) is 11.2. The molecule has 120 valence electrons. The number of aromatic nitrogens is 3. The van der Waals surface area contributed by atoms with Gasteiger partial charge in [0.1, 0.15) is 6.33 Å². The number of nitrogens with zero attached hydrogens (tertiary/aromatic N) is 4. The van der Waals surface area contributed by atoms with E-state index in [9.17, 15) is 9.59 Å². The fourth-order valence-electron chi connectivity index (χ4n) is 2.67. The van der Waals surface area contributed by atoms with Gasteiger partial charge in [-0.15, -0.1) is 0 Å². The van der Waals surface area contributed by atoms with Crippen LogP contribution in [0.25, 0.3) is 0 Å². The summed E-state index contributed by atoms with van der Waals surface area (Å²) in [5.41, 5.74) is 0.662. The average molecular weight is 313 g/mol. The van der Waals surface area contributed by atoms with Crippen LogP contribution in [0.5, 0.6) is 0 Å². The molecule has 2 aromatic rings. The molecule has 1 N–H and O–H groups in total. The second-order valence-electron chi connectivity index (χ2n) is 5.47. The number of H-pyrrole nitrogens is 1. The van der Waals surface area contributed by atoms with E-state index in [1.807, 2.05) is 23.1 Å². The van der Waals surface area contributed by atoms with Crippen molar-refractivity contribution in [1.29, 1.82) is 0 Å². The molecule has 0 saturated carbocycles. The molecule has 0 unspecified atom stereocenters. The van der Waals surface area contributed by atoms with Crippen LogP contribution in [0.2, 0.25) is 0 Å². The quantitative estimate of drug-likeness (QED) is 0.836. The molecular weight excluding hydrogens is 294 g/mol. The van der Waals surface area contributed by atoms with Gasteiger partial charge in [0.15, 0.2) is 5.78 Å². The van der Waals surface area contributed by atoms with Crippen LogP contribution < -0.4 is 4.90 Å². The highest BCUT2D eigenvalue weighted by atomic mass is 16.2. The van der Waals surface area contributed by atoms with Gasteiger partial charge in [0.2, 0.25) is 11.9 Å². The lowest BCUT2D eigenvalue weighted by atomic mass is 10.1. The second kappa shape index (κ2) is 7.04. The number of benzene rings is 1. The van der Waals surface area contributed by atoms with Gasteiger partial charge in [-0.3, -0.25) is 9.59 Å². The molecule has 7 nitrogen and oxygen atoms in total. The van der Waals surface area contributed by atoms with Crippen molar-refractivity contribution in [3.05, 3.63) is 42.2 Å². The van der Waals surface area contributed by atoms with Crippen LogP contribution >= 0.6 is 0 Å². The standard InChI is InChI=1S/C16H19N5O2/c22-14(13-4-2-1-3-5-13)6-7-15(23)20-8-10-21(11-9-20)16-17-12-18-19-16/h1-5,12H,6-11H2,(H,17,18,19). The van der Waals surface area contributed by atoms with Gasteiger partial charge in [-0.1, -0.05) is 30.3 Å². The Morgan fingerprint density at radius 1 is 1.04 bits per heavy atom. The summed E-state index contributed by atoms with van der Waals surface area (Å²) in [7, 11) is 0. The van der Waals surface area contributed by atoms with Gasteiger partial charge in [0.05, 0.1) is 0 Å². The minimum absolute atomic E-state index is 0.0132. The van der Waals surface area contributed by atoms with E-state index in [-0.39, 0.29) is 24.5 Å². The molecule has 1 amide bonds. The Morgan fingerprint density at radius 2 is 1.78 bits per heavy atom. The molecule has 0 radical (unpaired) electrons. The molecule has 2 heterocycles. The van der Waals surface area contributed by atoms with Crippen molar-refractivity contribution < 1.29 is 9.59 Å². The van der Waals surface area contributed by atoms with Crippen LogP contribution in [0.4, 0.5) is 5.95 Å². The number of ketones is 1. The number of carbonyl (C=O) groups is 2. The normalized spacial score (nSPS) is 14.8. The van der Waals surface area contributed by atoms with Crippen molar-refractivity contribution >= 4 is 17.6 Å². The maximum atomic E-state index is 12.2. The van der Waals surface area contributed by atoms with Gasteiger partial charge in [0.25, 0.3) is 0 Å². The third kappa shape index (κ3) is 3.74.